The minimum absolute atomic E-state index is 0.0571. The van der Waals surface area contributed by atoms with Crippen LogP contribution in [-0.4, -0.2) is 38.2 Å². The van der Waals surface area contributed by atoms with Gasteiger partial charge in [0.05, 0.1) is 27.4 Å². The fourth-order valence-electron chi connectivity index (χ4n) is 2.04. The van der Waals surface area contributed by atoms with Crippen LogP contribution in [0.2, 0.25) is 0 Å². The molecule has 0 aliphatic carbocycles. The molecule has 1 aliphatic heterocycles. The zero-order valence-electron chi connectivity index (χ0n) is 10.9. The lowest BCUT2D eigenvalue weighted by Crippen LogP contribution is -2.37. The fraction of sp³-hybridized carbons (Fsp3) is 0.636. The van der Waals surface area contributed by atoms with Crippen molar-refractivity contribution in [3.05, 3.63) is 17.1 Å². The van der Waals surface area contributed by atoms with Crippen LogP contribution < -0.4 is 5.73 Å². The zero-order chi connectivity index (χ0) is 15.7. The normalized spacial score (nSPS) is 28.2. The van der Waals surface area contributed by atoms with Crippen LogP contribution in [0.25, 0.3) is 0 Å². The molecule has 2 rings (SSSR count). The highest BCUT2D eigenvalue weighted by Crippen LogP contribution is 2.37. The van der Waals surface area contributed by atoms with Gasteiger partial charge in [0, 0.05) is 16.9 Å². The number of carbonyl (C=O) groups excluding carboxylic acids is 1. The van der Waals surface area contributed by atoms with Gasteiger partial charge in [-0.15, -0.1) is 0 Å². The highest BCUT2D eigenvalue weighted by Gasteiger charge is 2.42. The molecule has 21 heavy (non-hydrogen) atoms. The van der Waals surface area contributed by atoms with E-state index in [4.69, 9.17) is 5.73 Å². The summed E-state index contributed by atoms with van der Waals surface area (Å²) >= 11 is 0.930. The second-order valence-electron chi connectivity index (χ2n) is 4.81. The second kappa shape index (κ2) is 6.01. The summed E-state index contributed by atoms with van der Waals surface area (Å²) in [6, 6.07) is 0.505. The van der Waals surface area contributed by atoms with Crippen LogP contribution in [0.5, 0.6) is 0 Å². The quantitative estimate of drug-likeness (QED) is 0.906. The van der Waals surface area contributed by atoms with Crippen molar-refractivity contribution >= 4 is 27.2 Å². The highest BCUT2D eigenvalue weighted by molar-refractivity contribution is 7.93. The van der Waals surface area contributed by atoms with E-state index in [1.165, 1.54) is 11.4 Å². The zero-order valence-corrected chi connectivity index (χ0v) is 12.5. The summed E-state index contributed by atoms with van der Waals surface area (Å²) in [5.41, 5.74) is 5.36. The van der Waals surface area contributed by atoms with Crippen molar-refractivity contribution in [3.8, 4) is 0 Å². The lowest BCUT2D eigenvalue weighted by molar-refractivity contribution is -0.151. The summed E-state index contributed by atoms with van der Waals surface area (Å²) in [5, 5.41) is 1.46. The molecule has 0 saturated carbocycles. The maximum atomic E-state index is 13.1. The largest absolute Gasteiger partial charge is 0.397 e. The first kappa shape index (κ1) is 16.4. The van der Waals surface area contributed by atoms with Gasteiger partial charge in [-0.3, -0.25) is 4.79 Å². The first-order valence-corrected chi connectivity index (χ1v) is 8.89. The SMILES string of the molecule is N[C@H]1CCS(=O)(CCC(c2ccsn2)C(F)(F)F)=NC1=O. The molecule has 0 bridgehead atoms. The van der Waals surface area contributed by atoms with Gasteiger partial charge in [-0.25, -0.2) is 4.21 Å². The van der Waals surface area contributed by atoms with Gasteiger partial charge in [-0.2, -0.15) is 21.9 Å². The Kier molecular flexibility index (Phi) is 4.69. The molecular weight excluding hydrogens is 327 g/mol. The van der Waals surface area contributed by atoms with E-state index >= 15 is 0 Å². The number of rotatable bonds is 4. The molecule has 1 amide bonds. The maximum Gasteiger partial charge on any atom is 0.397 e. The Labute approximate surface area is 124 Å². The van der Waals surface area contributed by atoms with Crippen molar-refractivity contribution in [2.24, 2.45) is 10.1 Å². The maximum absolute atomic E-state index is 13.1. The van der Waals surface area contributed by atoms with E-state index in [0.717, 1.165) is 11.5 Å². The summed E-state index contributed by atoms with van der Waals surface area (Å²) in [5.74, 6) is -2.71. The first-order valence-electron chi connectivity index (χ1n) is 6.20. The van der Waals surface area contributed by atoms with Gasteiger partial charge >= 0.3 is 6.18 Å². The summed E-state index contributed by atoms with van der Waals surface area (Å²) in [4.78, 5) is 11.4. The van der Waals surface area contributed by atoms with Crippen LogP contribution in [-0.2, 0) is 14.5 Å². The van der Waals surface area contributed by atoms with E-state index in [1.807, 2.05) is 0 Å². The van der Waals surface area contributed by atoms with Crippen molar-refractivity contribution in [1.82, 2.24) is 4.37 Å². The van der Waals surface area contributed by atoms with Crippen molar-refractivity contribution in [2.75, 3.05) is 11.5 Å². The lowest BCUT2D eigenvalue weighted by atomic mass is 10.0. The Morgan fingerprint density at radius 1 is 1.52 bits per heavy atom. The number of hydrogen-bond acceptors (Lipinski definition) is 5. The highest BCUT2D eigenvalue weighted by atomic mass is 32.2. The second-order valence-corrected chi connectivity index (χ2v) is 8.02. The molecule has 0 fully saturated rings. The van der Waals surface area contributed by atoms with Gasteiger partial charge in [0.2, 0.25) is 0 Å². The Hall–Kier alpha value is -1.00. The van der Waals surface area contributed by atoms with Crippen LogP contribution in [0, 0.1) is 0 Å². The minimum atomic E-state index is -4.47. The Bertz CT molecular complexity index is 621. The molecule has 2 unspecified atom stereocenters. The summed E-state index contributed by atoms with van der Waals surface area (Å²) in [6.07, 6.45) is -4.69. The number of aromatic nitrogens is 1. The third kappa shape index (κ3) is 4.01. The Morgan fingerprint density at radius 2 is 2.24 bits per heavy atom. The van der Waals surface area contributed by atoms with E-state index in [2.05, 4.69) is 8.74 Å². The van der Waals surface area contributed by atoms with E-state index in [0.29, 0.717) is 0 Å². The molecule has 0 saturated heterocycles. The number of halogens is 3. The molecular formula is C11H14F3N3O2S2. The first-order chi connectivity index (χ1) is 9.71. The fourth-order valence-corrected chi connectivity index (χ4v) is 4.69. The number of nitrogens with zero attached hydrogens (tertiary/aromatic N) is 2. The monoisotopic (exact) mass is 341 g/mol. The molecule has 0 radical (unpaired) electrons. The molecule has 0 aromatic carbocycles. The van der Waals surface area contributed by atoms with Crippen LogP contribution in [0.1, 0.15) is 24.5 Å². The van der Waals surface area contributed by atoms with Crippen LogP contribution in [0.4, 0.5) is 13.2 Å². The Balaban J connectivity index is 2.15. The lowest BCUT2D eigenvalue weighted by Gasteiger charge is -2.22. The molecule has 5 nitrogen and oxygen atoms in total. The van der Waals surface area contributed by atoms with Gasteiger partial charge in [-0.05, 0) is 30.4 Å². The average molecular weight is 341 g/mol. The summed E-state index contributed by atoms with van der Waals surface area (Å²) < 4.78 is 58.7. The van der Waals surface area contributed by atoms with Crippen molar-refractivity contribution in [1.29, 1.82) is 0 Å². The van der Waals surface area contributed by atoms with Crippen molar-refractivity contribution in [2.45, 2.75) is 31.0 Å². The molecule has 1 aromatic rings. The number of carbonyl (C=O) groups is 1. The number of amides is 1. The van der Waals surface area contributed by atoms with Gasteiger partial charge in [0.25, 0.3) is 5.91 Å². The topological polar surface area (TPSA) is 85.4 Å². The molecule has 10 heteroatoms. The van der Waals surface area contributed by atoms with E-state index in [-0.39, 0.29) is 23.6 Å². The number of hydrogen-bond donors (Lipinski definition) is 1. The molecule has 2 N–H and O–H groups in total. The van der Waals surface area contributed by atoms with Gasteiger partial charge < -0.3 is 5.73 Å². The van der Waals surface area contributed by atoms with E-state index in [1.54, 1.807) is 0 Å². The molecule has 118 valence electrons. The molecule has 1 aromatic heterocycles. The molecule has 3 atom stereocenters. The Morgan fingerprint density at radius 3 is 2.76 bits per heavy atom. The predicted molar refractivity (Wildman–Crippen MR) is 73.4 cm³/mol. The van der Waals surface area contributed by atoms with Gasteiger partial charge in [-0.1, -0.05) is 0 Å². The smallest absolute Gasteiger partial charge is 0.320 e. The third-order valence-corrected chi connectivity index (χ3v) is 6.09. The molecule has 1 aliphatic rings. The predicted octanol–water partition coefficient (Wildman–Crippen LogP) is 1.90. The van der Waals surface area contributed by atoms with Gasteiger partial charge in [0.15, 0.2) is 0 Å². The number of alkyl halides is 3. The number of nitrogens with two attached hydrogens (primary N) is 1. The summed E-state index contributed by atoms with van der Waals surface area (Å²) in [6.45, 7) is 0. The van der Waals surface area contributed by atoms with Crippen LogP contribution in [0.15, 0.2) is 15.8 Å². The van der Waals surface area contributed by atoms with Crippen LogP contribution >= 0.6 is 11.5 Å². The third-order valence-electron chi connectivity index (χ3n) is 3.26. The standard InChI is InChI=1S/C11H14F3N3O2S2/c12-11(13,14)7(9-1-4-20-16-9)2-5-21(19)6-3-8(15)10(18)17-21/h1,4,7-8H,2-3,5-6,15H2/t7?,8-,21?/m0/s1. The van der Waals surface area contributed by atoms with Crippen molar-refractivity contribution < 1.29 is 22.2 Å². The molecule has 0 spiro atoms. The van der Waals surface area contributed by atoms with E-state index in [9.17, 15) is 22.2 Å². The van der Waals surface area contributed by atoms with E-state index < -0.39 is 40.2 Å². The minimum Gasteiger partial charge on any atom is -0.320 e. The van der Waals surface area contributed by atoms with Gasteiger partial charge in [0.1, 0.15) is 0 Å². The average Bonchev–Trinajstić information content (AvgIpc) is 2.87. The summed E-state index contributed by atoms with van der Waals surface area (Å²) in [7, 11) is -2.95. The molecule has 2 heterocycles. The van der Waals surface area contributed by atoms with Crippen molar-refractivity contribution in [3.63, 3.8) is 0 Å². The van der Waals surface area contributed by atoms with Crippen LogP contribution in [0.3, 0.4) is 0 Å².